The van der Waals surface area contributed by atoms with Gasteiger partial charge in [-0.1, -0.05) is 30.3 Å². The third-order valence-corrected chi connectivity index (χ3v) is 3.42. The first kappa shape index (κ1) is 15.2. The molecule has 0 saturated heterocycles. The number of pyridine rings is 1. The summed E-state index contributed by atoms with van der Waals surface area (Å²) in [4.78, 5) is 18.2. The molecule has 4 nitrogen and oxygen atoms in total. The summed E-state index contributed by atoms with van der Waals surface area (Å²) in [6.45, 7) is 2.27. The molecule has 0 aliphatic carbocycles. The van der Waals surface area contributed by atoms with Crippen molar-refractivity contribution in [1.82, 2.24) is 9.88 Å². The van der Waals surface area contributed by atoms with E-state index in [1.165, 1.54) is 5.56 Å². The molecule has 1 aromatic heterocycles. The lowest BCUT2D eigenvalue weighted by atomic mass is 10.1. The molecule has 0 aliphatic rings. The lowest BCUT2D eigenvalue weighted by Crippen LogP contribution is -2.41. The van der Waals surface area contributed by atoms with Crippen LogP contribution >= 0.6 is 0 Å². The number of carbonyl (C=O) groups excluding carboxylic acids is 1. The summed E-state index contributed by atoms with van der Waals surface area (Å²) in [5.74, 6) is -0.0967. The topological polar surface area (TPSA) is 53.4 Å². The third-order valence-electron chi connectivity index (χ3n) is 3.42. The number of amides is 1. The van der Waals surface area contributed by atoms with Gasteiger partial charge in [-0.3, -0.25) is 9.78 Å². The summed E-state index contributed by atoms with van der Waals surface area (Å²) >= 11 is 0. The molecule has 0 bridgehead atoms. The molecule has 110 valence electrons. The first-order valence-electron chi connectivity index (χ1n) is 7.08. The molecule has 0 aliphatic heterocycles. The van der Waals surface area contributed by atoms with Gasteiger partial charge in [0.05, 0.1) is 12.2 Å². The molecule has 0 radical (unpaired) electrons. The molecule has 4 heteroatoms. The fourth-order valence-electron chi connectivity index (χ4n) is 2.35. The molecule has 1 unspecified atom stereocenters. The number of rotatable bonds is 6. The molecule has 1 N–H and O–H groups in total. The zero-order valence-corrected chi connectivity index (χ0v) is 12.1. The Morgan fingerprint density at radius 1 is 1.24 bits per heavy atom. The Labute approximate surface area is 125 Å². The Morgan fingerprint density at radius 3 is 2.62 bits per heavy atom. The summed E-state index contributed by atoms with van der Waals surface area (Å²) in [7, 11) is 0. The SMILES string of the molecule is CC(Cc1ccccc1)N(CCO)C(=O)c1cccnc1. The second kappa shape index (κ2) is 7.55. The summed E-state index contributed by atoms with van der Waals surface area (Å²) in [6.07, 6.45) is 3.95. The number of hydrogen-bond donors (Lipinski definition) is 1. The lowest BCUT2D eigenvalue weighted by Gasteiger charge is -2.29. The van der Waals surface area contributed by atoms with Crippen LogP contribution in [0.5, 0.6) is 0 Å². The van der Waals surface area contributed by atoms with Crippen LogP contribution in [0.3, 0.4) is 0 Å². The summed E-state index contributed by atoms with van der Waals surface area (Å²) < 4.78 is 0. The predicted molar refractivity (Wildman–Crippen MR) is 82.0 cm³/mol. The van der Waals surface area contributed by atoms with E-state index >= 15 is 0 Å². The van der Waals surface area contributed by atoms with Crippen LogP contribution < -0.4 is 0 Å². The van der Waals surface area contributed by atoms with E-state index < -0.39 is 0 Å². The second-order valence-corrected chi connectivity index (χ2v) is 5.00. The van der Waals surface area contributed by atoms with Crippen LogP contribution in [-0.4, -0.2) is 40.1 Å². The highest BCUT2D eigenvalue weighted by atomic mass is 16.3. The van der Waals surface area contributed by atoms with E-state index in [-0.39, 0.29) is 18.6 Å². The molecule has 21 heavy (non-hydrogen) atoms. The van der Waals surface area contributed by atoms with Crippen LogP contribution in [0.15, 0.2) is 54.9 Å². The maximum Gasteiger partial charge on any atom is 0.255 e. The van der Waals surface area contributed by atoms with E-state index in [0.717, 1.165) is 6.42 Å². The number of hydrogen-bond acceptors (Lipinski definition) is 3. The van der Waals surface area contributed by atoms with Crippen molar-refractivity contribution in [3.63, 3.8) is 0 Å². The van der Waals surface area contributed by atoms with Gasteiger partial charge in [0.25, 0.3) is 5.91 Å². The van der Waals surface area contributed by atoms with E-state index in [4.69, 9.17) is 0 Å². The summed E-state index contributed by atoms with van der Waals surface area (Å²) in [5, 5.41) is 9.24. The fourth-order valence-corrected chi connectivity index (χ4v) is 2.35. The fraction of sp³-hybridized carbons (Fsp3) is 0.294. The summed E-state index contributed by atoms with van der Waals surface area (Å²) in [5.41, 5.74) is 1.72. The first-order valence-corrected chi connectivity index (χ1v) is 7.08. The quantitative estimate of drug-likeness (QED) is 0.884. The number of benzene rings is 1. The molecular weight excluding hydrogens is 264 g/mol. The first-order chi connectivity index (χ1) is 10.2. The van der Waals surface area contributed by atoms with Crippen LogP contribution in [0, 0.1) is 0 Å². The van der Waals surface area contributed by atoms with Gasteiger partial charge in [0, 0.05) is 25.0 Å². The highest BCUT2D eigenvalue weighted by molar-refractivity contribution is 5.94. The van der Waals surface area contributed by atoms with Crippen LogP contribution in [0.25, 0.3) is 0 Å². The minimum atomic E-state index is -0.0967. The van der Waals surface area contributed by atoms with Gasteiger partial charge in [-0.25, -0.2) is 0 Å². The summed E-state index contributed by atoms with van der Waals surface area (Å²) in [6, 6.07) is 13.5. The van der Waals surface area contributed by atoms with Crippen LogP contribution in [0.2, 0.25) is 0 Å². The van der Waals surface area contributed by atoms with Gasteiger partial charge in [0.1, 0.15) is 0 Å². The van der Waals surface area contributed by atoms with Gasteiger partial charge in [0.15, 0.2) is 0 Å². The number of aliphatic hydroxyl groups excluding tert-OH is 1. The van der Waals surface area contributed by atoms with Gasteiger partial charge >= 0.3 is 0 Å². The van der Waals surface area contributed by atoms with Crippen molar-refractivity contribution in [2.24, 2.45) is 0 Å². The maximum absolute atomic E-state index is 12.5. The minimum absolute atomic E-state index is 0.00672. The van der Waals surface area contributed by atoms with Crippen molar-refractivity contribution in [2.75, 3.05) is 13.2 Å². The van der Waals surface area contributed by atoms with E-state index in [1.54, 1.807) is 29.4 Å². The lowest BCUT2D eigenvalue weighted by molar-refractivity contribution is 0.0649. The average Bonchev–Trinajstić information content (AvgIpc) is 2.53. The largest absolute Gasteiger partial charge is 0.395 e. The third kappa shape index (κ3) is 4.13. The van der Waals surface area contributed by atoms with Crippen molar-refractivity contribution < 1.29 is 9.90 Å². The van der Waals surface area contributed by atoms with Crippen LogP contribution in [-0.2, 0) is 6.42 Å². The highest BCUT2D eigenvalue weighted by Crippen LogP contribution is 2.12. The van der Waals surface area contributed by atoms with Gasteiger partial charge in [0.2, 0.25) is 0 Å². The van der Waals surface area contributed by atoms with E-state index in [9.17, 15) is 9.90 Å². The molecule has 1 aromatic carbocycles. The van der Waals surface area contributed by atoms with Crippen molar-refractivity contribution >= 4 is 5.91 Å². The molecular formula is C17H20N2O2. The molecule has 0 saturated carbocycles. The van der Waals surface area contributed by atoms with E-state index in [1.807, 2.05) is 37.3 Å². The van der Waals surface area contributed by atoms with Crippen LogP contribution in [0.1, 0.15) is 22.8 Å². The smallest absolute Gasteiger partial charge is 0.255 e. The molecule has 1 heterocycles. The highest BCUT2D eigenvalue weighted by Gasteiger charge is 2.21. The molecule has 0 spiro atoms. The molecule has 2 aromatic rings. The van der Waals surface area contributed by atoms with Gasteiger partial charge in [-0.15, -0.1) is 0 Å². The minimum Gasteiger partial charge on any atom is -0.395 e. The monoisotopic (exact) mass is 284 g/mol. The number of carbonyl (C=O) groups is 1. The Hall–Kier alpha value is -2.20. The van der Waals surface area contributed by atoms with Gasteiger partial charge < -0.3 is 10.0 Å². The predicted octanol–water partition coefficient (Wildman–Crippen LogP) is 2.15. The van der Waals surface area contributed by atoms with Gasteiger partial charge in [-0.05, 0) is 31.0 Å². The Kier molecular flexibility index (Phi) is 5.46. The van der Waals surface area contributed by atoms with Crippen molar-refractivity contribution in [1.29, 1.82) is 0 Å². The zero-order valence-electron chi connectivity index (χ0n) is 12.1. The normalized spacial score (nSPS) is 11.9. The van der Waals surface area contributed by atoms with Crippen molar-refractivity contribution in [2.45, 2.75) is 19.4 Å². The van der Waals surface area contributed by atoms with E-state index in [2.05, 4.69) is 4.98 Å². The van der Waals surface area contributed by atoms with E-state index in [0.29, 0.717) is 12.1 Å². The number of aromatic nitrogens is 1. The Balaban J connectivity index is 2.12. The molecule has 0 fully saturated rings. The van der Waals surface area contributed by atoms with Crippen molar-refractivity contribution in [3.8, 4) is 0 Å². The zero-order chi connectivity index (χ0) is 15.1. The van der Waals surface area contributed by atoms with Crippen molar-refractivity contribution in [3.05, 3.63) is 66.0 Å². The Morgan fingerprint density at radius 2 is 2.00 bits per heavy atom. The Bertz CT molecular complexity index is 558. The maximum atomic E-state index is 12.5. The van der Waals surface area contributed by atoms with Gasteiger partial charge in [-0.2, -0.15) is 0 Å². The second-order valence-electron chi connectivity index (χ2n) is 5.00. The molecule has 2 rings (SSSR count). The average molecular weight is 284 g/mol. The molecule has 1 amide bonds. The number of aliphatic hydroxyl groups is 1. The van der Waals surface area contributed by atoms with Crippen LogP contribution in [0.4, 0.5) is 0 Å². The number of nitrogens with zero attached hydrogens (tertiary/aromatic N) is 2. The standard InChI is InChI=1S/C17H20N2O2/c1-14(12-15-6-3-2-4-7-15)19(10-11-20)17(21)16-8-5-9-18-13-16/h2-9,13-14,20H,10-12H2,1H3. The molecule has 1 atom stereocenters.